The number of anilines is 1. The average Bonchev–Trinajstić information content (AvgIpc) is 3.15. The second-order valence-corrected chi connectivity index (χ2v) is 9.17. The molecule has 7 nitrogen and oxygen atoms in total. The van der Waals surface area contributed by atoms with Crippen molar-refractivity contribution in [3.8, 4) is 11.1 Å². The van der Waals surface area contributed by atoms with Crippen molar-refractivity contribution >= 4 is 32.5 Å². The fourth-order valence-electron chi connectivity index (χ4n) is 3.79. The second kappa shape index (κ2) is 8.47. The fourth-order valence-corrected chi connectivity index (χ4v) is 5.05. The number of carboxylic acid groups (broad SMARTS) is 1. The molecule has 3 aromatic carbocycles. The molecule has 164 valence electrons. The Bertz CT molecular complexity index is 1420. The van der Waals surface area contributed by atoms with E-state index in [-0.39, 0.29) is 10.5 Å². The lowest BCUT2D eigenvalue weighted by atomic mass is 9.96. The highest BCUT2D eigenvalue weighted by Gasteiger charge is 2.22. The molecule has 0 radical (unpaired) electrons. The first kappa shape index (κ1) is 21.6. The monoisotopic (exact) mass is 449 g/mol. The van der Waals surface area contributed by atoms with Gasteiger partial charge in [-0.05, 0) is 48.1 Å². The minimum atomic E-state index is -3.84. The van der Waals surface area contributed by atoms with E-state index in [0.29, 0.717) is 23.3 Å². The largest absolute Gasteiger partial charge is 0.478 e. The number of aromatic nitrogens is 2. The highest BCUT2D eigenvalue weighted by molar-refractivity contribution is 7.92. The number of benzene rings is 3. The van der Waals surface area contributed by atoms with Gasteiger partial charge >= 0.3 is 5.97 Å². The summed E-state index contributed by atoms with van der Waals surface area (Å²) in [6.45, 7) is 4.40. The fraction of sp³-hybridized carbons (Fsp3) is 0.167. The van der Waals surface area contributed by atoms with E-state index in [1.54, 1.807) is 35.9 Å². The predicted molar refractivity (Wildman–Crippen MR) is 124 cm³/mol. The molecular weight excluding hydrogens is 426 g/mol. The molecule has 0 saturated heterocycles. The van der Waals surface area contributed by atoms with Crippen LogP contribution in [0, 0.1) is 6.92 Å². The normalized spacial score (nSPS) is 11.6. The van der Waals surface area contributed by atoms with Crippen LogP contribution in [-0.4, -0.2) is 29.3 Å². The highest BCUT2D eigenvalue weighted by atomic mass is 32.2. The summed E-state index contributed by atoms with van der Waals surface area (Å²) < 4.78 is 30.6. The van der Waals surface area contributed by atoms with E-state index in [0.717, 1.165) is 22.9 Å². The van der Waals surface area contributed by atoms with E-state index in [1.165, 1.54) is 12.3 Å². The number of hydrogen-bond acceptors (Lipinski definition) is 4. The maximum absolute atomic E-state index is 13.1. The number of fused-ring (bicyclic) bond motifs is 1. The predicted octanol–water partition coefficient (Wildman–Crippen LogP) is 4.92. The molecule has 0 aliphatic rings. The van der Waals surface area contributed by atoms with Gasteiger partial charge in [-0.2, -0.15) is 5.10 Å². The van der Waals surface area contributed by atoms with Gasteiger partial charge in [0.25, 0.3) is 10.0 Å². The van der Waals surface area contributed by atoms with E-state index in [2.05, 4.69) is 9.82 Å². The minimum Gasteiger partial charge on any atom is -0.478 e. The first-order valence-electron chi connectivity index (χ1n) is 10.2. The Morgan fingerprint density at radius 3 is 2.53 bits per heavy atom. The first-order chi connectivity index (χ1) is 15.3. The first-order valence-corrected chi connectivity index (χ1v) is 11.7. The molecule has 2 N–H and O–H groups in total. The zero-order valence-electron chi connectivity index (χ0n) is 17.7. The Labute approximate surface area is 186 Å². The van der Waals surface area contributed by atoms with Crippen LogP contribution in [0.25, 0.3) is 21.9 Å². The molecule has 1 aromatic heterocycles. The molecule has 4 aromatic rings. The summed E-state index contributed by atoms with van der Waals surface area (Å²) in [5.41, 5.74) is 2.79. The van der Waals surface area contributed by atoms with Gasteiger partial charge in [0.15, 0.2) is 0 Å². The van der Waals surface area contributed by atoms with Crippen molar-refractivity contribution in [3.05, 3.63) is 78.1 Å². The van der Waals surface area contributed by atoms with Crippen molar-refractivity contribution in [2.45, 2.75) is 31.7 Å². The van der Waals surface area contributed by atoms with E-state index < -0.39 is 16.0 Å². The van der Waals surface area contributed by atoms with Crippen molar-refractivity contribution < 1.29 is 18.3 Å². The molecule has 0 aliphatic heterocycles. The zero-order chi connectivity index (χ0) is 22.9. The summed E-state index contributed by atoms with van der Waals surface area (Å²) >= 11 is 0. The third-order valence-electron chi connectivity index (χ3n) is 5.37. The molecule has 8 heteroatoms. The van der Waals surface area contributed by atoms with Gasteiger partial charge in [-0.3, -0.25) is 9.40 Å². The molecule has 0 fully saturated rings. The standard InChI is InChI=1S/C24H23N3O4S/c1-3-13-27-16(2)23(15-25-27)32(30,31)26-22-12-11-19(20-9-4-5-10-21(20)22)17-7-6-8-18(14-17)24(28)29/h4-12,14-15,26H,3,13H2,1-2H3,(H,28,29). The Morgan fingerprint density at radius 1 is 1.06 bits per heavy atom. The summed E-state index contributed by atoms with van der Waals surface area (Å²) in [7, 11) is -3.84. The van der Waals surface area contributed by atoms with Crippen LogP contribution in [0.2, 0.25) is 0 Å². The molecule has 0 atom stereocenters. The van der Waals surface area contributed by atoms with Gasteiger partial charge < -0.3 is 5.11 Å². The lowest BCUT2D eigenvalue weighted by Crippen LogP contribution is -2.14. The van der Waals surface area contributed by atoms with Crippen LogP contribution < -0.4 is 4.72 Å². The lowest BCUT2D eigenvalue weighted by molar-refractivity contribution is 0.0697. The number of rotatable bonds is 7. The molecule has 0 unspecified atom stereocenters. The number of hydrogen-bond donors (Lipinski definition) is 2. The van der Waals surface area contributed by atoms with Crippen LogP contribution in [0.1, 0.15) is 29.4 Å². The topological polar surface area (TPSA) is 101 Å². The maximum Gasteiger partial charge on any atom is 0.335 e. The average molecular weight is 450 g/mol. The van der Waals surface area contributed by atoms with Gasteiger partial charge in [-0.25, -0.2) is 13.2 Å². The second-order valence-electron chi connectivity index (χ2n) is 7.52. The van der Waals surface area contributed by atoms with Crippen molar-refractivity contribution in [1.29, 1.82) is 0 Å². The van der Waals surface area contributed by atoms with Crippen LogP contribution in [0.4, 0.5) is 5.69 Å². The minimum absolute atomic E-state index is 0.147. The summed E-state index contributed by atoms with van der Waals surface area (Å²) in [5, 5.41) is 15.1. The van der Waals surface area contributed by atoms with Crippen molar-refractivity contribution in [2.24, 2.45) is 0 Å². The number of aromatic carboxylic acids is 1. The molecular formula is C24H23N3O4S. The molecule has 32 heavy (non-hydrogen) atoms. The zero-order valence-corrected chi connectivity index (χ0v) is 18.6. The van der Waals surface area contributed by atoms with Crippen molar-refractivity contribution in [2.75, 3.05) is 4.72 Å². The van der Waals surface area contributed by atoms with E-state index >= 15 is 0 Å². The quantitative estimate of drug-likeness (QED) is 0.417. The molecule has 0 aliphatic carbocycles. The molecule has 4 rings (SSSR count). The van der Waals surface area contributed by atoms with E-state index in [9.17, 15) is 18.3 Å². The molecule has 0 saturated carbocycles. The Hall–Kier alpha value is -3.65. The van der Waals surface area contributed by atoms with Gasteiger partial charge in [0.2, 0.25) is 0 Å². The third-order valence-corrected chi connectivity index (χ3v) is 6.84. The summed E-state index contributed by atoms with van der Waals surface area (Å²) in [6.07, 6.45) is 2.23. The molecule has 0 spiro atoms. The number of nitrogens with one attached hydrogen (secondary N) is 1. The molecule has 0 amide bonds. The molecule has 0 bridgehead atoms. The Morgan fingerprint density at radius 2 is 1.81 bits per heavy atom. The van der Waals surface area contributed by atoms with Crippen LogP contribution in [0.15, 0.2) is 71.8 Å². The van der Waals surface area contributed by atoms with Gasteiger partial charge in [0.05, 0.1) is 23.1 Å². The summed E-state index contributed by atoms with van der Waals surface area (Å²) in [6, 6.07) is 17.6. The van der Waals surface area contributed by atoms with E-state index in [4.69, 9.17) is 0 Å². The van der Waals surface area contributed by atoms with Crippen LogP contribution in [0.5, 0.6) is 0 Å². The van der Waals surface area contributed by atoms with Gasteiger partial charge in [0.1, 0.15) is 4.90 Å². The van der Waals surface area contributed by atoms with Gasteiger partial charge in [0, 0.05) is 11.9 Å². The lowest BCUT2D eigenvalue weighted by Gasteiger charge is -2.14. The van der Waals surface area contributed by atoms with Crippen molar-refractivity contribution in [1.82, 2.24) is 9.78 Å². The highest BCUT2D eigenvalue weighted by Crippen LogP contribution is 2.34. The number of nitrogens with zero attached hydrogens (tertiary/aromatic N) is 2. The Kier molecular flexibility index (Phi) is 5.71. The number of sulfonamides is 1. The SMILES string of the molecule is CCCn1ncc(S(=O)(=O)Nc2ccc(-c3cccc(C(=O)O)c3)c3ccccc23)c1C. The van der Waals surface area contributed by atoms with Crippen LogP contribution in [0.3, 0.4) is 0 Å². The number of carbonyl (C=O) groups is 1. The molecule has 1 heterocycles. The summed E-state index contributed by atoms with van der Waals surface area (Å²) in [4.78, 5) is 11.5. The smallest absolute Gasteiger partial charge is 0.335 e. The third kappa shape index (κ3) is 3.97. The number of carboxylic acids is 1. The van der Waals surface area contributed by atoms with Crippen LogP contribution in [-0.2, 0) is 16.6 Å². The van der Waals surface area contributed by atoms with E-state index in [1.807, 2.05) is 37.3 Å². The van der Waals surface area contributed by atoms with Gasteiger partial charge in [-0.1, -0.05) is 49.4 Å². The number of aryl methyl sites for hydroxylation is 1. The van der Waals surface area contributed by atoms with Crippen LogP contribution >= 0.6 is 0 Å². The van der Waals surface area contributed by atoms with Gasteiger partial charge in [-0.15, -0.1) is 0 Å². The summed E-state index contributed by atoms with van der Waals surface area (Å²) in [5.74, 6) is -1.00. The van der Waals surface area contributed by atoms with Crippen molar-refractivity contribution in [3.63, 3.8) is 0 Å². The Balaban J connectivity index is 1.78. The maximum atomic E-state index is 13.1.